The molecule has 208 valence electrons. The highest BCUT2D eigenvalue weighted by molar-refractivity contribution is 6.11. The highest BCUT2D eigenvalue weighted by atomic mass is 127. The summed E-state index contributed by atoms with van der Waals surface area (Å²) in [5.74, 6) is 0.915. The molecule has 8 heteroatoms. The summed E-state index contributed by atoms with van der Waals surface area (Å²) in [6.45, 7) is 12.8. The molecule has 2 aromatic heterocycles. The summed E-state index contributed by atoms with van der Waals surface area (Å²) in [6, 6.07) is 14.8. The van der Waals surface area contributed by atoms with Gasteiger partial charge in [-0.25, -0.2) is 0 Å². The maximum Gasteiger partial charge on any atom is 0.261 e. The van der Waals surface area contributed by atoms with Crippen molar-refractivity contribution in [2.45, 2.75) is 33.1 Å². The number of ether oxygens (including phenoxy) is 1. The SMILES string of the molecule is CCN(CC)CCNc1c2ccccc2[n+](C)c2c1oc1ccc(OCC[N+]3(C)CCCCC3)cc12.[I-].[I-]. The van der Waals surface area contributed by atoms with Crippen LogP contribution in [0.1, 0.15) is 33.1 Å². The van der Waals surface area contributed by atoms with Crippen LogP contribution in [0.15, 0.2) is 46.9 Å². The molecule has 0 amide bonds. The van der Waals surface area contributed by atoms with Gasteiger partial charge in [-0.1, -0.05) is 26.0 Å². The van der Waals surface area contributed by atoms with Gasteiger partial charge in [-0.2, -0.15) is 4.57 Å². The lowest BCUT2D eigenvalue weighted by Gasteiger charge is -2.37. The van der Waals surface area contributed by atoms with Crippen LogP contribution in [-0.2, 0) is 7.05 Å². The lowest BCUT2D eigenvalue weighted by molar-refractivity contribution is -0.914. The van der Waals surface area contributed by atoms with E-state index >= 15 is 0 Å². The van der Waals surface area contributed by atoms with E-state index in [9.17, 15) is 0 Å². The van der Waals surface area contributed by atoms with Gasteiger partial charge >= 0.3 is 0 Å². The van der Waals surface area contributed by atoms with E-state index in [1.807, 2.05) is 6.07 Å². The van der Waals surface area contributed by atoms with E-state index in [1.165, 1.54) is 43.3 Å². The maximum absolute atomic E-state index is 6.50. The largest absolute Gasteiger partial charge is 1.00 e. The third-order valence-corrected chi connectivity index (χ3v) is 8.15. The number of hydrogen-bond donors (Lipinski definition) is 1. The van der Waals surface area contributed by atoms with Crippen molar-refractivity contribution in [3.05, 3.63) is 42.5 Å². The molecule has 1 N–H and O–H groups in total. The van der Waals surface area contributed by atoms with E-state index < -0.39 is 0 Å². The fourth-order valence-corrected chi connectivity index (χ4v) is 5.81. The minimum atomic E-state index is 0. The van der Waals surface area contributed by atoms with Gasteiger partial charge in [-0.3, -0.25) is 0 Å². The average Bonchev–Trinajstić information content (AvgIpc) is 3.28. The van der Waals surface area contributed by atoms with E-state index in [2.05, 4.69) is 79.1 Å². The molecule has 3 heterocycles. The zero-order valence-electron chi connectivity index (χ0n) is 23.2. The van der Waals surface area contributed by atoms with Crippen LogP contribution in [0.5, 0.6) is 5.75 Å². The van der Waals surface area contributed by atoms with Gasteiger partial charge < -0.3 is 71.8 Å². The predicted molar refractivity (Wildman–Crippen MR) is 149 cm³/mol. The summed E-state index contributed by atoms with van der Waals surface area (Å²) in [5.41, 5.74) is 5.17. The standard InChI is InChI=1S/C30H41N4O2.2HI/c1-5-33(6-2)17-16-31-28-24-12-8-9-13-26(24)32(3)29-25-22-23(14-15-27(25)36-30(28)29)35-21-20-34(4)18-10-7-11-19-34;;/h8-9,12-15,22H,5-7,10-11,16-21H2,1-4H3;2*1H/q+1;;/p-1. The number of furan rings is 1. The Hall–Kier alpha value is -1.37. The average molecular weight is 745 g/mol. The lowest BCUT2D eigenvalue weighted by atomic mass is 10.1. The Labute approximate surface area is 261 Å². The topological polar surface area (TPSA) is 41.5 Å². The molecule has 1 saturated heterocycles. The first-order chi connectivity index (χ1) is 17.5. The number of aryl methyl sites for hydroxylation is 1. The summed E-state index contributed by atoms with van der Waals surface area (Å²) in [6.07, 6.45) is 4.04. The molecule has 0 radical (unpaired) electrons. The Balaban J connectivity index is 0.00000200. The number of piperidine rings is 1. The molecule has 1 fully saturated rings. The second-order valence-electron chi connectivity index (χ2n) is 10.5. The van der Waals surface area contributed by atoms with Gasteiger partial charge in [0.05, 0.1) is 36.6 Å². The van der Waals surface area contributed by atoms with Crippen molar-refractivity contribution >= 4 is 38.7 Å². The molecule has 6 nitrogen and oxygen atoms in total. The summed E-state index contributed by atoms with van der Waals surface area (Å²) < 4.78 is 16.2. The zero-order chi connectivity index (χ0) is 25.1. The first-order valence-electron chi connectivity index (χ1n) is 13.7. The van der Waals surface area contributed by atoms with Gasteiger partial charge in [0.1, 0.15) is 31.5 Å². The summed E-state index contributed by atoms with van der Waals surface area (Å²) in [4.78, 5) is 2.43. The number of likely N-dealkylation sites (tertiary alicyclic amines) is 1. The second-order valence-corrected chi connectivity index (χ2v) is 10.5. The van der Waals surface area contributed by atoms with E-state index in [-0.39, 0.29) is 48.0 Å². The maximum atomic E-state index is 6.50. The molecule has 4 aromatic rings. The molecule has 1 aliphatic rings. The van der Waals surface area contributed by atoms with E-state index in [1.54, 1.807) is 0 Å². The summed E-state index contributed by atoms with van der Waals surface area (Å²) in [5, 5.41) is 6.00. The molecular weight excluding hydrogens is 702 g/mol. The van der Waals surface area contributed by atoms with Crippen LogP contribution >= 0.6 is 0 Å². The van der Waals surface area contributed by atoms with Crippen molar-refractivity contribution in [3.8, 4) is 5.75 Å². The smallest absolute Gasteiger partial charge is 0.261 e. The molecule has 0 unspecified atom stereocenters. The number of rotatable bonds is 10. The van der Waals surface area contributed by atoms with Crippen molar-refractivity contribution in [1.82, 2.24) is 4.90 Å². The van der Waals surface area contributed by atoms with Gasteiger partial charge in [0.2, 0.25) is 11.1 Å². The summed E-state index contributed by atoms with van der Waals surface area (Å²) >= 11 is 0. The van der Waals surface area contributed by atoms with Gasteiger partial charge in [0.15, 0.2) is 0 Å². The number of hydrogen-bond acceptors (Lipinski definition) is 4. The number of aromatic nitrogens is 1. The third kappa shape index (κ3) is 6.50. The Kier molecular flexibility index (Phi) is 11.3. The van der Waals surface area contributed by atoms with Crippen molar-refractivity contribution in [2.75, 3.05) is 64.8 Å². The van der Waals surface area contributed by atoms with Crippen LogP contribution in [0, 0.1) is 0 Å². The zero-order valence-corrected chi connectivity index (χ0v) is 27.5. The number of fused-ring (bicyclic) bond motifs is 4. The monoisotopic (exact) mass is 744 g/mol. The Morgan fingerprint density at radius 2 is 1.74 bits per heavy atom. The highest BCUT2D eigenvalue weighted by Gasteiger charge is 2.26. The van der Waals surface area contributed by atoms with Crippen LogP contribution in [0.4, 0.5) is 5.69 Å². The molecule has 0 aliphatic carbocycles. The summed E-state index contributed by atoms with van der Waals surface area (Å²) in [7, 11) is 4.50. The Morgan fingerprint density at radius 1 is 1.00 bits per heavy atom. The molecule has 1 aliphatic heterocycles. The molecule has 2 aromatic carbocycles. The Morgan fingerprint density at radius 3 is 2.47 bits per heavy atom. The van der Waals surface area contributed by atoms with E-state index in [0.29, 0.717) is 0 Å². The molecule has 0 saturated carbocycles. The normalized spacial score (nSPS) is 15.0. The lowest BCUT2D eigenvalue weighted by Crippen LogP contribution is -3.00. The predicted octanol–water partition coefficient (Wildman–Crippen LogP) is -0.665. The third-order valence-electron chi connectivity index (χ3n) is 8.15. The minimum absolute atomic E-state index is 0. The van der Waals surface area contributed by atoms with Crippen LogP contribution < -0.4 is 62.6 Å². The van der Waals surface area contributed by atoms with E-state index in [0.717, 1.165) is 77.3 Å². The number of nitrogens with one attached hydrogen (secondary N) is 1. The van der Waals surface area contributed by atoms with Gasteiger partial charge in [0, 0.05) is 19.2 Å². The van der Waals surface area contributed by atoms with Crippen LogP contribution in [-0.4, -0.2) is 68.9 Å². The fourth-order valence-electron chi connectivity index (χ4n) is 5.81. The number of para-hydroxylation sites is 1. The van der Waals surface area contributed by atoms with Crippen molar-refractivity contribution < 1.29 is 66.2 Å². The molecule has 0 spiro atoms. The quantitative estimate of drug-likeness (QED) is 0.133. The van der Waals surface area contributed by atoms with Crippen molar-refractivity contribution in [1.29, 1.82) is 0 Å². The number of anilines is 1. The number of nitrogens with zero attached hydrogens (tertiary/aromatic N) is 3. The minimum Gasteiger partial charge on any atom is -1.00 e. The van der Waals surface area contributed by atoms with Crippen molar-refractivity contribution in [3.63, 3.8) is 0 Å². The Bertz CT molecular complexity index is 1350. The molecular formula is C30H42I2N4O2. The molecule has 0 atom stereocenters. The molecule has 0 bridgehead atoms. The first-order valence-corrected chi connectivity index (χ1v) is 13.7. The van der Waals surface area contributed by atoms with Gasteiger partial charge in [-0.15, -0.1) is 0 Å². The van der Waals surface area contributed by atoms with E-state index in [4.69, 9.17) is 9.15 Å². The number of halogens is 2. The van der Waals surface area contributed by atoms with Crippen LogP contribution in [0.3, 0.4) is 0 Å². The fraction of sp³-hybridized carbons (Fsp3) is 0.500. The molecule has 5 rings (SSSR count). The second kappa shape index (κ2) is 13.8. The number of benzene rings is 2. The first kappa shape index (κ1) is 31.2. The van der Waals surface area contributed by atoms with Gasteiger partial charge in [0.25, 0.3) is 5.52 Å². The molecule has 38 heavy (non-hydrogen) atoms. The van der Waals surface area contributed by atoms with Crippen LogP contribution in [0.25, 0.3) is 33.0 Å². The highest BCUT2D eigenvalue weighted by Crippen LogP contribution is 2.37. The van der Waals surface area contributed by atoms with Gasteiger partial charge in [-0.05, 0) is 56.6 Å². The van der Waals surface area contributed by atoms with Crippen LogP contribution in [0.2, 0.25) is 0 Å². The number of pyridine rings is 1. The van der Waals surface area contributed by atoms with Crippen molar-refractivity contribution in [2.24, 2.45) is 7.05 Å². The number of quaternary nitrogens is 1. The number of likely N-dealkylation sites (N-methyl/N-ethyl adjacent to an activating group) is 2.